The van der Waals surface area contributed by atoms with Crippen LogP contribution < -0.4 is 9.47 Å². The standard InChI is InChI=1S/C28H38O6/c1-17-15-31-27(21-7-11-23(29-5)12-8-21)33-25(17)19(3)20(4)26-18(2)16-32-28(34-26)22-9-13-24(30-6)14-10-22/h7-14,17-20,25-28H,15-16H2,1-6H3/t17-,18+,19-,20+,25-,26+,27-,28+. The van der Waals surface area contributed by atoms with E-state index >= 15 is 0 Å². The summed E-state index contributed by atoms with van der Waals surface area (Å²) in [7, 11) is 3.34. The molecule has 2 aliphatic rings. The Bertz CT molecular complexity index is 823. The third-order valence-electron chi connectivity index (χ3n) is 7.35. The highest BCUT2D eigenvalue weighted by Crippen LogP contribution is 2.40. The first kappa shape index (κ1) is 25.0. The topological polar surface area (TPSA) is 55.4 Å². The zero-order valence-electron chi connectivity index (χ0n) is 21.1. The quantitative estimate of drug-likeness (QED) is 0.512. The van der Waals surface area contributed by atoms with E-state index in [2.05, 4.69) is 27.7 Å². The molecule has 0 unspecified atom stereocenters. The molecule has 0 bridgehead atoms. The number of hydrogen-bond donors (Lipinski definition) is 0. The molecule has 0 spiro atoms. The zero-order valence-corrected chi connectivity index (χ0v) is 21.1. The molecular weight excluding hydrogens is 432 g/mol. The summed E-state index contributed by atoms with van der Waals surface area (Å²) in [4.78, 5) is 0. The molecule has 0 aliphatic carbocycles. The molecule has 2 aliphatic heterocycles. The Morgan fingerprint density at radius 2 is 1.00 bits per heavy atom. The van der Waals surface area contributed by atoms with E-state index in [0.717, 1.165) is 22.6 Å². The Hall–Kier alpha value is -2.12. The average molecular weight is 471 g/mol. The molecule has 0 saturated carbocycles. The molecular formula is C28H38O6. The number of ether oxygens (including phenoxy) is 6. The normalized spacial score (nSPS) is 31.5. The van der Waals surface area contributed by atoms with Crippen LogP contribution in [-0.2, 0) is 18.9 Å². The highest BCUT2D eigenvalue weighted by molar-refractivity contribution is 5.29. The lowest BCUT2D eigenvalue weighted by molar-refractivity contribution is -0.275. The van der Waals surface area contributed by atoms with Crippen molar-refractivity contribution in [1.29, 1.82) is 0 Å². The van der Waals surface area contributed by atoms with Crippen LogP contribution in [0.4, 0.5) is 0 Å². The minimum Gasteiger partial charge on any atom is -0.497 e. The van der Waals surface area contributed by atoms with Gasteiger partial charge in [-0.3, -0.25) is 0 Å². The fourth-order valence-electron chi connectivity index (χ4n) is 5.05. The van der Waals surface area contributed by atoms with E-state index in [1.54, 1.807) is 14.2 Å². The first-order chi connectivity index (χ1) is 16.4. The van der Waals surface area contributed by atoms with Gasteiger partial charge in [0.2, 0.25) is 0 Å². The Balaban J connectivity index is 1.44. The van der Waals surface area contributed by atoms with E-state index in [1.807, 2.05) is 48.5 Å². The number of methoxy groups -OCH3 is 2. The Kier molecular flexibility index (Phi) is 8.14. The molecule has 8 atom stereocenters. The van der Waals surface area contributed by atoms with E-state index < -0.39 is 0 Å². The molecule has 0 aromatic heterocycles. The maximum Gasteiger partial charge on any atom is 0.184 e. The summed E-state index contributed by atoms with van der Waals surface area (Å²) in [6.45, 7) is 10.3. The Morgan fingerprint density at radius 1 is 0.647 bits per heavy atom. The van der Waals surface area contributed by atoms with Gasteiger partial charge in [-0.1, -0.05) is 52.0 Å². The predicted octanol–water partition coefficient (Wildman–Crippen LogP) is 5.78. The Morgan fingerprint density at radius 3 is 1.32 bits per heavy atom. The van der Waals surface area contributed by atoms with E-state index in [0.29, 0.717) is 25.0 Å². The number of rotatable bonds is 7. The number of hydrogen-bond acceptors (Lipinski definition) is 6. The first-order valence-electron chi connectivity index (χ1n) is 12.2. The van der Waals surface area contributed by atoms with Crippen LogP contribution in [0, 0.1) is 23.7 Å². The zero-order chi connectivity index (χ0) is 24.2. The molecule has 0 N–H and O–H groups in total. The van der Waals surface area contributed by atoms with Crippen LogP contribution in [0.5, 0.6) is 11.5 Å². The monoisotopic (exact) mass is 470 g/mol. The van der Waals surface area contributed by atoms with Gasteiger partial charge in [0.15, 0.2) is 12.6 Å². The molecule has 6 heteroatoms. The molecule has 0 radical (unpaired) electrons. The van der Waals surface area contributed by atoms with Crippen LogP contribution in [-0.4, -0.2) is 39.6 Å². The van der Waals surface area contributed by atoms with Crippen molar-refractivity contribution >= 4 is 0 Å². The van der Waals surface area contributed by atoms with E-state index in [1.165, 1.54) is 0 Å². The molecule has 2 fully saturated rings. The molecule has 6 nitrogen and oxygen atoms in total. The SMILES string of the molecule is COc1ccc([C@@H]2OC[C@@H](C)[C@H]([C@H](C)[C@H](C)[C@H]3O[C@@H](c4ccc(OC)cc4)OC[C@@H]3C)O2)cc1. The van der Waals surface area contributed by atoms with Gasteiger partial charge >= 0.3 is 0 Å². The van der Waals surface area contributed by atoms with Gasteiger partial charge in [-0.05, 0) is 36.1 Å². The summed E-state index contributed by atoms with van der Waals surface area (Å²) >= 11 is 0. The lowest BCUT2D eigenvalue weighted by atomic mass is 9.78. The smallest absolute Gasteiger partial charge is 0.184 e. The second kappa shape index (κ2) is 11.1. The third kappa shape index (κ3) is 5.41. The van der Waals surface area contributed by atoms with Crippen LogP contribution in [0.1, 0.15) is 51.4 Å². The first-order valence-corrected chi connectivity index (χ1v) is 12.2. The second-order valence-corrected chi connectivity index (χ2v) is 9.75. The van der Waals surface area contributed by atoms with Crippen molar-refractivity contribution in [1.82, 2.24) is 0 Å². The summed E-state index contributed by atoms with van der Waals surface area (Å²) in [5, 5.41) is 0. The average Bonchev–Trinajstić information content (AvgIpc) is 2.88. The summed E-state index contributed by atoms with van der Waals surface area (Å²) in [6, 6.07) is 15.8. The fraction of sp³-hybridized carbons (Fsp3) is 0.571. The van der Waals surface area contributed by atoms with Crippen LogP contribution >= 0.6 is 0 Å². The van der Waals surface area contributed by atoms with Gasteiger partial charge in [0, 0.05) is 23.0 Å². The van der Waals surface area contributed by atoms with E-state index in [4.69, 9.17) is 28.4 Å². The van der Waals surface area contributed by atoms with Gasteiger partial charge in [0.05, 0.1) is 39.6 Å². The van der Waals surface area contributed by atoms with E-state index in [-0.39, 0.29) is 36.6 Å². The molecule has 2 saturated heterocycles. The summed E-state index contributed by atoms with van der Waals surface area (Å²) in [5.41, 5.74) is 2.01. The maximum absolute atomic E-state index is 6.54. The minimum absolute atomic E-state index is 0.0638. The summed E-state index contributed by atoms with van der Waals surface area (Å²) in [5.74, 6) is 2.79. The second-order valence-electron chi connectivity index (χ2n) is 9.75. The number of benzene rings is 2. The largest absolute Gasteiger partial charge is 0.497 e. The molecule has 34 heavy (non-hydrogen) atoms. The fourth-order valence-corrected chi connectivity index (χ4v) is 5.05. The van der Waals surface area contributed by atoms with Crippen LogP contribution in [0.25, 0.3) is 0 Å². The van der Waals surface area contributed by atoms with Crippen molar-refractivity contribution < 1.29 is 28.4 Å². The van der Waals surface area contributed by atoms with Crippen molar-refractivity contribution in [3.63, 3.8) is 0 Å². The molecule has 186 valence electrons. The van der Waals surface area contributed by atoms with Crippen molar-refractivity contribution in [3.05, 3.63) is 59.7 Å². The minimum atomic E-state index is -0.373. The van der Waals surface area contributed by atoms with Crippen molar-refractivity contribution in [2.45, 2.75) is 52.5 Å². The molecule has 4 rings (SSSR count). The maximum atomic E-state index is 6.54. The Labute approximate surface area is 203 Å². The van der Waals surface area contributed by atoms with Crippen LogP contribution in [0.2, 0.25) is 0 Å². The predicted molar refractivity (Wildman–Crippen MR) is 130 cm³/mol. The lowest BCUT2D eigenvalue weighted by Crippen LogP contribution is -2.47. The molecule has 2 heterocycles. The van der Waals surface area contributed by atoms with E-state index in [9.17, 15) is 0 Å². The van der Waals surface area contributed by atoms with Gasteiger partial charge in [-0.2, -0.15) is 0 Å². The van der Waals surface area contributed by atoms with Gasteiger partial charge < -0.3 is 28.4 Å². The highest BCUT2D eigenvalue weighted by atomic mass is 16.7. The third-order valence-corrected chi connectivity index (χ3v) is 7.35. The van der Waals surface area contributed by atoms with Crippen LogP contribution in [0.3, 0.4) is 0 Å². The lowest BCUT2D eigenvalue weighted by Gasteiger charge is -2.45. The molecule has 2 aromatic rings. The molecule has 0 amide bonds. The van der Waals surface area contributed by atoms with Crippen molar-refractivity contribution in [2.24, 2.45) is 23.7 Å². The van der Waals surface area contributed by atoms with Crippen molar-refractivity contribution in [3.8, 4) is 11.5 Å². The summed E-state index contributed by atoms with van der Waals surface area (Å²) in [6.07, 6.45) is -0.619. The van der Waals surface area contributed by atoms with Crippen LogP contribution in [0.15, 0.2) is 48.5 Å². The van der Waals surface area contributed by atoms with Gasteiger partial charge in [-0.15, -0.1) is 0 Å². The van der Waals surface area contributed by atoms with Gasteiger partial charge in [0.25, 0.3) is 0 Å². The summed E-state index contributed by atoms with van der Waals surface area (Å²) < 4.78 is 35.7. The van der Waals surface area contributed by atoms with Gasteiger partial charge in [0.1, 0.15) is 11.5 Å². The van der Waals surface area contributed by atoms with Crippen molar-refractivity contribution in [2.75, 3.05) is 27.4 Å². The molecule has 2 aromatic carbocycles. The van der Waals surface area contributed by atoms with Gasteiger partial charge in [-0.25, -0.2) is 0 Å². The highest BCUT2D eigenvalue weighted by Gasteiger charge is 2.41.